The van der Waals surface area contributed by atoms with Crippen LogP contribution in [0.4, 0.5) is 0 Å². The van der Waals surface area contributed by atoms with E-state index in [1.807, 2.05) is 26.0 Å². The molecule has 0 aromatic heterocycles. The predicted octanol–water partition coefficient (Wildman–Crippen LogP) is 1.76. The van der Waals surface area contributed by atoms with Crippen molar-refractivity contribution in [1.82, 2.24) is 5.32 Å². The van der Waals surface area contributed by atoms with Crippen LogP contribution in [0.25, 0.3) is 0 Å². The molecule has 0 bridgehead atoms. The molecule has 126 valence electrons. The minimum Gasteiger partial charge on any atom is -0.490 e. The van der Waals surface area contributed by atoms with E-state index >= 15 is 0 Å². The lowest BCUT2D eigenvalue weighted by molar-refractivity contribution is 0.102. The van der Waals surface area contributed by atoms with E-state index in [0.29, 0.717) is 25.8 Å². The highest BCUT2D eigenvalue weighted by molar-refractivity contribution is 5.37. The van der Waals surface area contributed by atoms with E-state index in [9.17, 15) is 5.11 Å². The smallest absolute Gasteiger partial charge is 0.124 e. The van der Waals surface area contributed by atoms with Crippen molar-refractivity contribution in [1.29, 1.82) is 0 Å². The molecule has 0 amide bonds. The molecule has 0 saturated heterocycles. The van der Waals surface area contributed by atoms with E-state index in [4.69, 9.17) is 14.2 Å². The molecule has 0 aliphatic carbocycles. The number of hydrogen-bond acceptors (Lipinski definition) is 5. The first-order valence-electron chi connectivity index (χ1n) is 7.70. The number of rotatable bonds is 11. The molecule has 0 saturated carbocycles. The SMILES string of the molecule is COCCc1ccc(OCC(O)CNC(C)C)c(COC)c1. The monoisotopic (exact) mass is 311 g/mol. The van der Waals surface area contributed by atoms with Gasteiger partial charge in [-0.2, -0.15) is 0 Å². The zero-order chi connectivity index (χ0) is 16.4. The highest BCUT2D eigenvalue weighted by Gasteiger charge is 2.10. The van der Waals surface area contributed by atoms with E-state index in [1.165, 1.54) is 5.56 Å². The van der Waals surface area contributed by atoms with Crippen LogP contribution in [-0.2, 0) is 22.5 Å². The Morgan fingerprint density at radius 3 is 2.59 bits per heavy atom. The molecule has 0 heterocycles. The fraction of sp³-hybridized carbons (Fsp3) is 0.647. The standard InChI is InChI=1S/C17H29NO4/c1-13(2)18-10-16(19)12-22-17-6-5-14(7-8-20-3)9-15(17)11-21-4/h5-6,9,13,16,18-19H,7-8,10-12H2,1-4H3. The van der Waals surface area contributed by atoms with Crippen LogP contribution in [0.15, 0.2) is 18.2 Å². The Bertz CT molecular complexity index is 423. The van der Waals surface area contributed by atoms with Gasteiger partial charge in [0.15, 0.2) is 0 Å². The molecule has 0 aliphatic rings. The zero-order valence-corrected chi connectivity index (χ0v) is 14.1. The Labute approximate surface area is 133 Å². The van der Waals surface area contributed by atoms with Crippen LogP contribution >= 0.6 is 0 Å². The third-order valence-corrected chi connectivity index (χ3v) is 3.21. The van der Waals surface area contributed by atoms with E-state index < -0.39 is 6.10 Å². The largest absolute Gasteiger partial charge is 0.490 e. The summed E-state index contributed by atoms with van der Waals surface area (Å²) in [6, 6.07) is 6.36. The Balaban J connectivity index is 2.60. The Morgan fingerprint density at radius 1 is 1.18 bits per heavy atom. The summed E-state index contributed by atoms with van der Waals surface area (Å²) in [5.74, 6) is 0.756. The van der Waals surface area contributed by atoms with Crippen molar-refractivity contribution in [3.63, 3.8) is 0 Å². The first-order chi connectivity index (χ1) is 10.6. The zero-order valence-electron chi connectivity index (χ0n) is 14.1. The Morgan fingerprint density at radius 2 is 1.95 bits per heavy atom. The molecule has 1 rings (SSSR count). The van der Waals surface area contributed by atoms with Crippen molar-refractivity contribution in [3.05, 3.63) is 29.3 Å². The van der Waals surface area contributed by atoms with Crippen LogP contribution in [0.5, 0.6) is 5.75 Å². The number of aliphatic hydroxyl groups is 1. The Kier molecular flexibility index (Phi) is 9.08. The first-order valence-corrected chi connectivity index (χ1v) is 7.70. The maximum Gasteiger partial charge on any atom is 0.124 e. The van der Waals surface area contributed by atoms with Crippen LogP contribution in [0.2, 0.25) is 0 Å². The van der Waals surface area contributed by atoms with Gasteiger partial charge in [-0.05, 0) is 24.1 Å². The average Bonchev–Trinajstić information content (AvgIpc) is 2.50. The minimum atomic E-state index is -0.536. The average molecular weight is 311 g/mol. The van der Waals surface area contributed by atoms with Crippen LogP contribution in [-0.4, -0.2) is 51.2 Å². The summed E-state index contributed by atoms with van der Waals surface area (Å²) in [5, 5.41) is 13.1. The summed E-state index contributed by atoms with van der Waals surface area (Å²) in [7, 11) is 3.35. The van der Waals surface area contributed by atoms with Crippen LogP contribution in [0.3, 0.4) is 0 Å². The fourth-order valence-corrected chi connectivity index (χ4v) is 2.03. The molecular weight excluding hydrogens is 282 g/mol. The van der Waals surface area contributed by atoms with Gasteiger partial charge in [-0.3, -0.25) is 0 Å². The lowest BCUT2D eigenvalue weighted by atomic mass is 10.1. The molecule has 1 atom stereocenters. The van der Waals surface area contributed by atoms with E-state index in [-0.39, 0.29) is 6.61 Å². The van der Waals surface area contributed by atoms with Gasteiger partial charge < -0.3 is 24.6 Å². The predicted molar refractivity (Wildman–Crippen MR) is 87.4 cm³/mol. The van der Waals surface area contributed by atoms with Crippen LogP contribution in [0, 0.1) is 0 Å². The fourth-order valence-electron chi connectivity index (χ4n) is 2.03. The number of nitrogens with one attached hydrogen (secondary N) is 1. The summed E-state index contributed by atoms with van der Waals surface area (Å²) in [6.07, 6.45) is 0.319. The second kappa shape index (κ2) is 10.6. The van der Waals surface area contributed by atoms with Crippen molar-refractivity contribution in [3.8, 4) is 5.75 Å². The summed E-state index contributed by atoms with van der Waals surface area (Å²) in [6.45, 7) is 6.03. The number of benzene rings is 1. The number of hydrogen-bond donors (Lipinski definition) is 2. The second-order valence-corrected chi connectivity index (χ2v) is 5.65. The maximum atomic E-state index is 9.92. The van der Waals surface area contributed by atoms with Crippen LogP contribution < -0.4 is 10.1 Å². The van der Waals surface area contributed by atoms with Crippen molar-refractivity contribution >= 4 is 0 Å². The second-order valence-electron chi connectivity index (χ2n) is 5.65. The summed E-state index contributed by atoms with van der Waals surface area (Å²) in [4.78, 5) is 0. The van der Waals surface area contributed by atoms with Crippen molar-refractivity contribution < 1.29 is 19.3 Å². The van der Waals surface area contributed by atoms with Gasteiger partial charge in [0.1, 0.15) is 18.5 Å². The highest BCUT2D eigenvalue weighted by Crippen LogP contribution is 2.21. The minimum absolute atomic E-state index is 0.258. The molecule has 2 N–H and O–H groups in total. The van der Waals surface area contributed by atoms with Gasteiger partial charge in [-0.25, -0.2) is 0 Å². The van der Waals surface area contributed by atoms with Crippen molar-refractivity contribution in [2.45, 2.75) is 39.0 Å². The molecule has 0 spiro atoms. The molecule has 5 nitrogen and oxygen atoms in total. The molecular formula is C17H29NO4. The lowest BCUT2D eigenvalue weighted by Crippen LogP contribution is -2.35. The molecule has 1 aromatic rings. The van der Waals surface area contributed by atoms with Crippen molar-refractivity contribution in [2.75, 3.05) is 34.0 Å². The van der Waals surface area contributed by atoms with Gasteiger partial charge >= 0.3 is 0 Å². The lowest BCUT2D eigenvalue weighted by Gasteiger charge is -2.17. The van der Waals surface area contributed by atoms with Crippen LogP contribution in [0.1, 0.15) is 25.0 Å². The van der Waals surface area contributed by atoms with E-state index in [0.717, 1.165) is 17.7 Å². The summed E-state index contributed by atoms with van der Waals surface area (Å²) < 4.78 is 16.1. The van der Waals surface area contributed by atoms with Gasteiger partial charge in [0.2, 0.25) is 0 Å². The van der Waals surface area contributed by atoms with Gasteiger partial charge in [-0.1, -0.05) is 19.9 Å². The van der Waals surface area contributed by atoms with E-state index in [2.05, 4.69) is 11.4 Å². The molecule has 0 fully saturated rings. The third-order valence-electron chi connectivity index (χ3n) is 3.21. The summed E-state index contributed by atoms with van der Waals surface area (Å²) >= 11 is 0. The topological polar surface area (TPSA) is 60.0 Å². The quantitative estimate of drug-likeness (QED) is 0.652. The number of aliphatic hydroxyl groups excluding tert-OH is 1. The number of ether oxygens (including phenoxy) is 3. The third kappa shape index (κ3) is 7.22. The van der Waals surface area contributed by atoms with Crippen molar-refractivity contribution in [2.24, 2.45) is 0 Å². The van der Waals surface area contributed by atoms with Gasteiger partial charge in [0, 0.05) is 32.4 Å². The maximum absolute atomic E-state index is 9.92. The normalized spacial score (nSPS) is 12.6. The molecule has 1 aromatic carbocycles. The van der Waals surface area contributed by atoms with Gasteiger partial charge in [-0.15, -0.1) is 0 Å². The molecule has 0 radical (unpaired) electrons. The molecule has 0 aliphatic heterocycles. The molecule has 5 heteroatoms. The highest BCUT2D eigenvalue weighted by atomic mass is 16.5. The van der Waals surface area contributed by atoms with E-state index in [1.54, 1.807) is 14.2 Å². The first kappa shape index (κ1) is 18.9. The number of methoxy groups -OCH3 is 2. The van der Waals surface area contributed by atoms with Gasteiger partial charge in [0.05, 0.1) is 13.2 Å². The summed E-state index contributed by atoms with van der Waals surface area (Å²) in [5.41, 5.74) is 2.17. The molecule has 1 unspecified atom stereocenters. The molecule has 22 heavy (non-hydrogen) atoms. The Hall–Kier alpha value is -1.14. The van der Waals surface area contributed by atoms with Gasteiger partial charge in [0.25, 0.3) is 0 Å².